The fraction of sp³-hybridized carbons (Fsp3) is 0.250. The highest BCUT2D eigenvalue weighted by atomic mass is 32.1. The van der Waals surface area contributed by atoms with Gasteiger partial charge in [0.15, 0.2) is 5.13 Å². The molecule has 2 heterocycles. The predicted molar refractivity (Wildman–Crippen MR) is 67.6 cm³/mol. The van der Waals surface area contributed by atoms with Crippen molar-refractivity contribution in [1.82, 2.24) is 4.98 Å². The van der Waals surface area contributed by atoms with Gasteiger partial charge in [0.1, 0.15) is 0 Å². The minimum atomic E-state index is 0.843. The van der Waals surface area contributed by atoms with Gasteiger partial charge in [-0.15, -0.1) is 11.3 Å². The molecule has 1 aromatic carbocycles. The largest absolute Gasteiger partial charge is 0.399 e. The lowest BCUT2D eigenvalue weighted by atomic mass is 10.1. The molecule has 3 rings (SSSR count). The van der Waals surface area contributed by atoms with E-state index in [0.717, 1.165) is 29.6 Å². The van der Waals surface area contributed by atoms with Crippen LogP contribution in [0, 0.1) is 6.92 Å². The van der Waals surface area contributed by atoms with E-state index in [1.54, 1.807) is 11.3 Å². The summed E-state index contributed by atoms with van der Waals surface area (Å²) in [4.78, 5) is 6.80. The van der Waals surface area contributed by atoms with Crippen LogP contribution in [0.5, 0.6) is 0 Å². The van der Waals surface area contributed by atoms with E-state index in [2.05, 4.69) is 27.4 Å². The van der Waals surface area contributed by atoms with Gasteiger partial charge in [0.25, 0.3) is 0 Å². The quantitative estimate of drug-likeness (QED) is 0.767. The Labute approximate surface area is 98.5 Å². The average Bonchev–Trinajstić information content (AvgIpc) is 2.83. The van der Waals surface area contributed by atoms with Crippen LogP contribution in [0.3, 0.4) is 0 Å². The topological polar surface area (TPSA) is 42.1 Å². The van der Waals surface area contributed by atoms with Crippen molar-refractivity contribution in [3.05, 3.63) is 40.4 Å². The molecular formula is C12H13N3S. The van der Waals surface area contributed by atoms with E-state index < -0.39 is 0 Å². The molecule has 2 N–H and O–H groups in total. The normalized spacial score (nSPS) is 14.2. The molecule has 0 amide bonds. The Morgan fingerprint density at radius 2 is 2.12 bits per heavy atom. The molecular weight excluding hydrogens is 218 g/mol. The average molecular weight is 231 g/mol. The third-order valence-electron chi connectivity index (χ3n) is 2.83. The lowest BCUT2D eigenvalue weighted by Gasteiger charge is -2.12. The fourth-order valence-electron chi connectivity index (χ4n) is 2.04. The highest BCUT2D eigenvalue weighted by molar-refractivity contribution is 7.13. The first-order chi connectivity index (χ1) is 7.72. The van der Waals surface area contributed by atoms with Crippen LogP contribution in [0.25, 0.3) is 0 Å². The smallest absolute Gasteiger partial charge is 0.186 e. The number of nitrogen functional groups attached to an aromatic ring is 1. The Hall–Kier alpha value is -1.55. The van der Waals surface area contributed by atoms with E-state index in [0.29, 0.717) is 0 Å². The first-order valence-corrected chi connectivity index (χ1v) is 6.15. The zero-order valence-corrected chi connectivity index (χ0v) is 9.92. The molecule has 0 radical (unpaired) electrons. The predicted octanol–water partition coefficient (Wildman–Crippen LogP) is 2.55. The van der Waals surface area contributed by atoms with Crippen molar-refractivity contribution < 1.29 is 0 Å². The van der Waals surface area contributed by atoms with Gasteiger partial charge in [-0.1, -0.05) is 6.07 Å². The third-order valence-corrected chi connectivity index (χ3v) is 3.85. The van der Waals surface area contributed by atoms with Crippen LogP contribution in [0.4, 0.5) is 10.8 Å². The van der Waals surface area contributed by atoms with Gasteiger partial charge in [-0.25, -0.2) is 4.98 Å². The minimum Gasteiger partial charge on any atom is -0.399 e. The molecule has 4 heteroatoms. The van der Waals surface area contributed by atoms with E-state index in [-0.39, 0.29) is 0 Å². The molecule has 2 aromatic rings. The van der Waals surface area contributed by atoms with Crippen LogP contribution < -0.4 is 10.6 Å². The van der Waals surface area contributed by atoms with Gasteiger partial charge in [0.2, 0.25) is 0 Å². The van der Waals surface area contributed by atoms with Crippen molar-refractivity contribution in [1.29, 1.82) is 0 Å². The first kappa shape index (κ1) is 9.66. The number of rotatable bonds is 1. The standard InChI is InChI=1S/C12H13N3S/c1-8-7-16-12(14-8)15-5-9-2-3-11(13)4-10(9)6-15/h2-4,7H,5-6,13H2,1H3. The first-order valence-electron chi connectivity index (χ1n) is 5.27. The molecule has 0 fully saturated rings. The summed E-state index contributed by atoms with van der Waals surface area (Å²) in [7, 11) is 0. The van der Waals surface area contributed by atoms with Crippen molar-refractivity contribution in [2.45, 2.75) is 20.0 Å². The maximum Gasteiger partial charge on any atom is 0.186 e. The summed E-state index contributed by atoms with van der Waals surface area (Å²) in [6.45, 7) is 3.90. The molecule has 0 unspecified atom stereocenters. The molecule has 1 aliphatic heterocycles. The van der Waals surface area contributed by atoms with Gasteiger partial charge >= 0.3 is 0 Å². The summed E-state index contributed by atoms with van der Waals surface area (Å²) in [5.74, 6) is 0. The van der Waals surface area contributed by atoms with Gasteiger partial charge in [-0.05, 0) is 30.2 Å². The highest BCUT2D eigenvalue weighted by Crippen LogP contribution is 2.31. The highest BCUT2D eigenvalue weighted by Gasteiger charge is 2.20. The van der Waals surface area contributed by atoms with E-state index in [1.807, 2.05) is 13.0 Å². The molecule has 0 bridgehead atoms. The summed E-state index contributed by atoms with van der Waals surface area (Å²) in [5.41, 5.74) is 10.4. The lowest BCUT2D eigenvalue weighted by molar-refractivity contribution is 0.870. The second kappa shape index (κ2) is 3.49. The van der Waals surface area contributed by atoms with Gasteiger partial charge in [-0.3, -0.25) is 0 Å². The number of benzene rings is 1. The van der Waals surface area contributed by atoms with Crippen LogP contribution in [-0.2, 0) is 13.1 Å². The summed E-state index contributed by atoms with van der Waals surface area (Å²) < 4.78 is 0. The molecule has 0 aliphatic carbocycles. The Morgan fingerprint density at radius 3 is 2.88 bits per heavy atom. The van der Waals surface area contributed by atoms with E-state index in [1.165, 1.54) is 11.1 Å². The second-order valence-corrected chi connectivity index (χ2v) is 4.99. The van der Waals surface area contributed by atoms with Gasteiger partial charge < -0.3 is 10.6 Å². The zero-order chi connectivity index (χ0) is 11.1. The van der Waals surface area contributed by atoms with E-state index in [4.69, 9.17) is 5.73 Å². The Morgan fingerprint density at radius 1 is 1.31 bits per heavy atom. The maximum absolute atomic E-state index is 5.79. The summed E-state index contributed by atoms with van der Waals surface area (Å²) in [6.07, 6.45) is 0. The number of hydrogen-bond acceptors (Lipinski definition) is 4. The van der Waals surface area contributed by atoms with Crippen molar-refractivity contribution in [3.8, 4) is 0 Å². The molecule has 82 valence electrons. The zero-order valence-electron chi connectivity index (χ0n) is 9.10. The number of anilines is 2. The number of hydrogen-bond donors (Lipinski definition) is 1. The fourth-order valence-corrected chi connectivity index (χ4v) is 2.84. The second-order valence-electron chi connectivity index (χ2n) is 4.16. The van der Waals surface area contributed by atoms with Crippen molar-refractivity contribution >= 4 is 22.2 Å². The molecule has 0 spiro atoms. The minimum absolute atomic E-state index is 0.843. The molecule has 1 aromatic heterocycles. The number of nitrogens with zero attached hydrogens (tertiary/aromatic N) is 2. The van der Waals surface area contributed by atoms with Crippen LogP contribution in [-0.4, -0.2) is 4.98 Å². The Bertz CT molecular complexity index is 533. The lowest BCUT2D eigenvalue weighted by Crippen LogP contribution is -2.13. The summed E-state index contributed by atoms with van der Waals surface area (Å²) in [5, 5.41) is 3.19. The van der Waals surface area contributed by atoms with Gasteiger partial charge in [-0.2, -0.15) is 0 Å². The Kier molecular flexibility index (Phi) is 2.11. The van der Waals surface area contributed by atoms with Crippen molar-refractivity contribution in [3.63, 3.8) is 0 Å². The van der Waals surface area contributed by atoms with Crippen LogP contribution >= 0.6 is 11.3 Å². The molecule has 1 aliphatic rings. The van der Waals surface area contributed by atoms with Crippen molar-refractivity contribution in [2.75, 3.05) is 10.6 Å². The molecule has 0 saturated heterocycles. The van der Waals surface area contributed by atoms with E-state index >= 15 is 0 Å². The van der Waals surface area contributed by atoms with Crippen LogP contribution in [0.2, 0.25) is 0 Å². The van der Waals surface area contributed by atoms with Crippen LogP contribution in [0.1, 0.15) is 16.8 Å². The van der Waals surface area contributed by atoms with Crippen LogP contribution in [0.15, 0.2) is 23.6 Å². The maximum atomic E-state index is 5.79. The monoisotopic (exact) mass is 231 g/mol. The summed E-state index contributed by atoms with van der Waals surface area (Å²) in [6, 6.07) is 6.15. The van der Waals surface area contributed by atoms with Crippen molar-refractivity contribution in [2.24, 2.45) is 0 Å². The van der Waals surface area contributed by atoms with E-state index in [9.17, 15) is 0 Å². The molecule has 3 nitrogen and oxygen atoms in total. The number of aryl methyl sites for hydroxylation is 1. The number of nitrogens with two attached hydrogens (primary N) is 1. The number of aromatic nitrogens is 1. The number of thiazole rings is 1. The Balaban J connectivity index is 1.90. The van der Waals surface area contributed by atoms with Gasteiger partial charge in [0, 0.05) is 24.2 Å². The molecule has 0 saturated carbocycles. The molecule has 16 heavy (non-hydrogen) atoms. The molecule has 0 atom stereocenters. The van der Waals surface area contributed by atoms with Gasteiger partial charge in [0.05, 0.1) is 5.69 Å². The third kappa shape index (κ3) is 1.55. The SMILES string of the molecule is Cc1csc(N2Cc3ccc(N)cc3C2)n1. The summed E-state index contributed by atoms with van der Waals surface area (Å²) >= 11 is 1.71. The number of fused-ring (bicyclic) bond motifs is 1.